The Bertz CT molecular complexity index is 544. The van der Waals surface area contributed by atoms with Crippen LogP contribution in [0.3, 0.4) is 0 Å². The molecule has 1 aliphatic rings. The number of aliphatic hydroxyl groups excluding tert-OH is 1. The monoisotopic (exact) mass is 233 g/mol. The number of nitrogen functional groups attached to an aromatic ring is 1. The summed E-state index contributed by atoms with van der Waals surface area (Å²) in [6.07, 6.45) is 3.16. The van der Waals surface area contributed by atoms with E-state index in [0.717, 1.165) is 18.7 Å². The molecule has 1 atom stereocenters. The zero-order valence-electron chi connectivity index (χ0n) is 9.59. The number of H-pyrrole nitrogens is 1. The Morgan fingerprint density at radius 3 is 2.94 bits per heavy atom. The molecule has 2 aromatic rings. The highest BCUT2D eigenvalue weighted by Crippen LogP contribution is 2.42. The molecule has 1 saturated carbocycles. The third kappa shape index (κ3) is 1.64. The number of imidazole rings is 1. The van der Waals surface area contributed by atoms with Crippen LogP contribution in [-0.2, 0) is 0 Å². The van der Waals surface area contributed by atoms with Crippen molar-refractivity contribution in [3.8, 4) is 0 Å². The number of hydrogen-bond acceptors (Lipinski definition) is 5. The molecule has 4 N–H and O–H groups in total. The molecule has 2 heterocycles. The number of fused-ring (bicyclic) bond motifs is 1. The fourth-order valence-corrected chi connectivity index (χ4v) is 2.32. The molecule has 0 radical (unpaired) electrons. The van der Waals surface area contributed by atoms with Crippen LogP contribution < -0.4 is 5.73 Å². The number of aliphatic hydroxyl groups is 1. The predicted octanol–water partition coefficient (Wildman–Crippen LogP) is 0.810. The molecule has 1 aliphatic carbocycles. The fraction of sp³-hybridized carbons (Fsp3) is 0.545. The van der Waals surface area contributed by atoms with Crippen molar-refractivity contribution in [1.29, 1.82) is 0 Å². The standard InChI is InChI=1S/C11H15N5O/c1-5(17)6-2-7(3-6)10-15-9(12)8-11(16-10)14-4-13-8/h4-7,17H,2-3H2,1H3,(H3,12,13,14,15,16). The number of anilines is 1. The van der Waals surface area contributed by atoms with Crippen LogP contribution >= 0.6 is 0 Å². The summed E-state index contributed by atoms with van der Waals surface area (Å²) in [6.45, 7) is 1.83. The average molecular weight is 233 g/mol. The van der Waals surface area contributed by atoms with E-state index in [2.05, 4.69) is 19.9 Å². The number of aromatic nitrogens is 4. The first-order valence-electron chi connectivity index (χ1n) is 5.79. The maximum atomic E-state index is 9.45. The van der Waals surface area contributed by atoms with Gasteiger partial charge in [-0.1, -0.05) is 0 Å². The first-order valence-corrected chi connectivity index (χ1v) is 5.79. The molecule has 1 unspecified atom stereocenters. The van der Waals surface area contributed by atoms with Gasteiger partial charge >= 0.3 is 0 Å². The molecular weight excluding hydrogens is 218 g/mol. The highest BCUT2D eigenvalue weighted by atomic mass is 16.3. The minimum atomic E-state index is -0.252. The van der Waals surface area contributed by atoms with Gasteiger partial charge in [-0.2, -0.15) is 0 Å². The summed E-state index contributed by atoms with van der Waals surface area (Å²) in [4.78, 5) is 15.7. The van der Waals surface area contributed by atoms with Gasteiger partial charge in [0.25, 0.3) is 0 Å². The molecule has 0 amide bonds. The highest BCUT2D eigenvalue weighted by molar-refractivity contribution is 5.80. The van der Waals surface area contributed by atoms with Gasteiger partial charge in [-0.3, -0.25) is 0 Å². The van der Waals surface area contributed by atoms with Crippen molar-refractivity contribution in [2.75, 3.05) is 5.73 Å². The van der Waals surface area contributed by atoms with Gasteiger partial charge in [0.05, 0.1) is 12.4 Å². The predicted molar refractivity (Wildman–Crippen MR) is 63.2 cm³/mol. The second kappa shape index (κ2) is 3.66. The molecule has 6 nitrogen and oxygen atoms in total. The summed E-state index contributed by atoms with van der Waals surface area (Å²) in [5.41, 5.74) is 7.15. The van der Waals surface area contributed by atoms with Gasteiger partial charge in [0.2, 0.25) is 0 Å². The van der Waals surface area contributed by atoms with Crippen LogP contribution in [0.2, 0.25) is 0 Å². The minimum absolute atomic E-state index is 0.252. The third-order valence-corrected chi connectivity index (χ3v) is 3.55. The Labute approximate surface area is 98.3 Å². The molecule has 3 rings (SSSR count). The van der Waals surface area contributed by atoms with Crippen molar-refractivity contribution in [3.63, 3.8) is 0 Å². The van der Waals surface area contributed by atoms with Crippen molar-refractivity contribution in [2.45, 2.75) is 31.8 Å². The van der Waals surface area contributed by atoms with Crippen molar-refractivity contribution < 1.29 is 5.11 Å². The number of nitrogens with zero attached hydrogens (tertiary/aromatic N) is 3. The lowest BCUT2D eigenvalue weighted by Gasteiger charge is -2.36. The summed E-state index contributed by atoms with van der Waals surface area (Å²) in [6, 6.07) is 0. The molecule has 0 spiro atoms. The smallest absolute Gasteiger partial charge is 0.183 e. The minimum Gasteiger partial charge on any atom is -0.393 e. The van der Waals surface area contributed by atoms with E-state index in [0.29, 0.717) is 28.8 Å². The summed E-state index contributed by atoms with van der Waals surface area (Å²) in [5.74, 6) is 1.86. The molecule has 17 heavy (non-hydrogen) atoms. The quantitative estimate of drug-likeness (QED) is 0.712. The zero-order valence-corrected chi connectivity index (χ0v) is 9.59. The van der Waals surface area contributed by atoms with Gasteiger partial charge in [0.1, 0.15) is 11.3 Å². The normalized spacial score (nSPS) is 25.8. The fourth-order valence-electron chi connectivity index (χ4n) is 2.32. The van der Waals surface area contributed by atoms with E-state index in [1.807, 2.05) is 6.92 Å². The first kappa shape index (κ1) is 10.5. The molecule has 2 aromatic heterocycles. The maximum absolute atomic E-state index is 9.45. The van der Waals surface area contributed by atoms with Crippen LogP contribution in [0.4, 0.5) is 5.82 Å². The second-order valence-corrected chi connectivity index (χ2v) is 4.74. The Morgan fingerprint density at radius 2 is 2.24 bits per heavy atom. The summed E-state index contributed by atoms with van der Waals surface area (Å²) in [7, 11) is 0. The Balaban J connectivity index is 1.87. The lowest BCUT2D eigenvalue weighted by Crippen LogP contribution is -2.31. The molecular formula is C11H15N5O. The number of aromatic amines is 1. The molecule has 0 saturated heterocycles. The third-order valence-electron chi connectivity index (χ3n) is 3.55. The topological polar surface area (TPSA) is 101 Å². The molecule has 6 heteroatoms. The van der Waals surface area contributed by atoms with Crippen LogP contribution in [0.1, 0.15) is 31.5 Å². The van der Waals surface area contributed by atoms with Crippen LogP contribution in [0, 0.1) is 5.92 Å². The number of hydrogen-bond donors (Lipinski definition) is 3. The van der Waals surface area contributed by atoms with Crippen LogP contribution in [0.5, 0.6) is 0 Å². The van der Waals surface area contributed by atoms with Crippen LogP contribution in [0.25, 0.3) is 11.2 Å². The molecule has 90 valence electrons. The van der Waals surface area contributed by atoms with Gasteiger partial charge in [-0.05, 0) is 25.7 Å². The summed E-state index contributed by atoms with van der Waals surface area (Å²) in [5, 5.41) is 9.45. The summed E-state index contributed by atoms with van der Waals surface area (Å²) >= 11 is 0. The Morgan fingerprint density at radius 1 is 1.47 bits per heavy atom. The van der Waals surface area contributed by atoms with Gasteiger partial charge in [-0.25, -0.2) is 15.0 Å². The molecule has 0 aromatic carbocycles. The second-order valence-electron chi connectivity index (χ2n) is 4.74. The van der Waals surface area contributed by atoms with Gasteiger partial charge in [0, 0.05) is 5.92 Å². The number of nitrogens with two attached hydrogens (primary N) is 1. The lowest BCUT2D eigenvalue weighted by atomic mass is 9.72. The van der Waals surface area contributed by atoms with E-state index in [1.54, 1.807) is 6.33 Å². The highest BCUT2D eigenvalue weighted by Gasteiger charge is 2.35. The van der Waals surface area contributed by atoms with Crippen molar-refractivity contribution in [3.05, 3.63) is 12.2 Å². The van der Waals surface area contributed by atoms with E-state index in [9.17, 15) is 5.11 Å². The van der Waals surface area contributed by atoms with Crippen LogP contribution in [-0.4, -0.2) is 31.1 Å². The first-order chi connectivity index (χ1) is 8.15. The largest absolute Gasteiger partial charge is 0.393 e. The molecule has 0 bridgehead atoms. The van der Waals surface area contributed by atoms with Crippen LogP contribution in [0.15, 0.2) is 6.33 Å². The van der Waals surface area contributed by atoms with E-state index in [-0.39, 0.29) is 6.10 Å². The molecule has 0 aliphatic heterocycles. The lowest BCUT2D eigenvalue weighted by molar-refractivity contribution is 0.0620. The molecule has 1 fully saturated rings. The number of rotatable bonds is 2. The van der Waals surface area contributed by atoms with Crippen molar-refractivity contribution in [2.24, 2.45) is 5.92 Å². The van der Waals surface area contributed by atoms with Crippen molar-refractivity contribution in [1.82, 2.24) is 19.9 Å². The van der Waals surface area contributed by atoms with Gasteiger partial charge in [-0.15, -0.1) is 0 Å². The van der Waals surface area contributed by atoms with Gasteiger partial charge in [0.15, 0.2) is 11.5 Å². The Hall–Kier alpha value is -1.69. The van der Waals surface area contributed by atoms with E-state index < -0.39 is 0 Å². The van der Waals surface area contributed by atoms with E-state index in [1.165, 1.54) is 0 Å². The van der Waals surface area contributed by atoms with Gasteiger partial charge < -0.3 is 15.8 Å². The van der Waals surface area contributed by atoms with E-state index >= 15 is 0 Å². The Kier molecular flexibility index (Phi) is 2.25. The zero-order chi connectivity index (χ0) is 12.0. The maximum Gasteiger partial charge on any atom is 0.183 e. The number of nitrogens with one attached hydrogen (secondary N) is 1. The SMILES string of the molecule is CC(O)C1CC(c2nc(N)c3[nH]cnc3n2)C1. The van der Waals surface area contributed by atoms with E-state index in [4.69, 9.17) is 5.73 Å². The summed E-state index contributed by atoms with van der Waals surface area (Å²) < 4.78 is 0. The van der Waals surface area contributed by atoms with Crippen molar-refractivity contribution >= 4 is 17.0 Å². The average Bonchev–Trinajstić information content (AvgIpc) is 2.62.